The number of hydrogen-bond donors (Lipinski definition) is 2. The lowest BCUT2D eigenvalue weighted by atomic mass is 10.1. The third kappa shape index (κ3) is 4.56. The van der Waals surface area contributed by atoms with E-state index in [1.165, 1.54) is 0 Å². The largest absolute Gasteiger partial charge is 0.366 e. The minimum atomic E-state index is -0.276. The molecule has 1 amide bonds. The third-order valence-corrected chi connectivity index (χ3v) is 1.40. The van der Waals surface area contributed by atoms with Crippen LogP contribution in [0.25, 0.3) is 0 Å². The van der Waals surface area contributed by atoms with Gasteiger partial charge in [-0.05, 0) is 20.3 Å². The maximum Gasteiger partial charge on any atom is 0.244 e. The molecule has 0 aromatic rings. The molecule has 0 atom stereocenters. The number of rotatable bonds is 3. The number of primary amides is 1. The molecule has 0 saturated carbocycles. The molecule has 0 fully saturated rings. The molecular weight excluding hydrogens is 140 g/mol. The Hall–Kier alpha value is -0.830. The fraction of sp³-hybridized carbons (Fsp3) is 0.625. The molecule has 3 nitrogen and oxygen atoms in total. The van der Waals surface area contributed by atoms with Crippen molar-refractivity contribution in [1.29, 1.82) is 0 Å². The number of carbonyl (C=O) groups is 1. The fourth-order valence-electron chi connectivity index (χ4n) is 0.870. The molecule has 0 radical (unpaired) electrons. The molecule has 0 aliphatic carbocycles. The summed E-state index contributed by atoms with van der Waals surface area (Å²) in [5.74, 6) is -0.276. The SMILES string of the molecule is CCCC(C(N)=O)=C(C)C.N. The molecule has 0 aliphatic heterocycles. The summed E-state index contributed by atoms with van der Waals surface area (Å²) in [6.07, 6.45) is 1.78. The van der Waals surface area contributed by atoms with Crippen LogP contribution in [0.1, 0.15) is 33.6 Å². The van der Waals surface area contributed by atoms with E-state index in [0.29, 0.717) is 0 Å². The Bertz CT molecular complexity index is 157. The van der Waals surface area contributed by atoms with Crippen molar-refractivity contribution in [2.24, 2.45) is 5.73 Å². The van der Waals surface area contributed by atoms with Gasteiger partial charge >= 0.3 is 0 Å². The molecule has 0 spiro atoms. The van der Waals surface area contributed by atoms with E-state index in [9.17, 15) is 4.79 Å². The lowest BCUT2D eigenvalue weighted by Gasteiger charge is -2.02. The molecule has 3 heteroatoms. The van der Waals surface area contributed by atoms with Crippen molar-refractivity contribution in [2.75, 3.05) is 0 Å². The van der Waals surface area contributed by atoms with E-state index in [-0.39, 0.29) is 12.1 Å². The standard InChI is InChI=1S/C8H15NO.H3N/c1-4-5-7(6(2)3)8(9)10;/h4-5H2,1-3H3,(H2,9,10);1H3. The number of carbonyl (C=O) groups excluding carboxylic acids is 1. The van der Waals surface area contributed by atoms with Crippen molar-refractivity contribution < 1.29 is 4.79 Å². The quantitative estimate of drug-likeness (QED) is 0.614. The highest BCUT2D eigenvalue weighted by Crippen LogP contribution is 2.08. The first-order valence-electron chi connectivity index (χ1n) is 3.55. The van der Waals surface area contributed by atoms with Gasteiger partial charge in [0.25, 0.3) is 0 Å². The van der Waals surface area contributed by atoms with Gasteiger partial charge in [-0.2, -0.15) is 0 Å². The Kier molecular flexibility index (Phi) is 6.89. The Morgan fingerprint density at radius 2 is 1.82 bits per heavy atom. The molecule has 11 heavy (non-hydrogen) atoms. The second kappa shape index (κ2) is 5.92. The van der Waals surface area contributed by atoms with Gasteiger partial charge in [0.15, 0.2) is 0 Å². The first kappa shape index (κ1) is 12.8. The van der Waals surface area contributed by atoms with Crippen molar-refractivity contribution in [2.45, 2.75) is 33.6 Å². The van der Waals surface area contributed by atoms with Gasteiger partial charge in [-0.1, -0.05) is 18.9 Å². The van der Waals surface area contributed by atoms with Gasteiger partial charge in [-0.15, -0.1) is 0 Å². The van der Waals surface area contributed by atoms with E-state index in [2.05, 4.69) is 0 Å². The minimum Gasteiger partial charge on any atom is -0.366 e. The van der Waals surface area contributed by atoms with Crippen LogP contribution >= 0.6 is 0 Å². The average molecular weight is 158 g/mol. The Morgan fingerprint density at radius 1 is 1.36 bits per heavy atom. The summed E-state index contributed by atoms with van der Waals surface area (Å²) in [4.78, 5) is 10.7. The van der Waals surface area contributed by atoms with Crippen LogP contribution in [0, 0.1) is 0 Å². The number of allylic oxidation sites excluding steroid dienone is 1. The van der Waals surface area contributed by atoms with Gasteiger partial charge in [-0.3, -0.25) is 4.79 Å². The second-order valence-corrected chi connectivity index (χ2v) is 2.59. The first-order chi connectivity index (χ1) is 4.59. The normalized spacial score (nSPS) is 8.27. The predicted octanol–water partition coefficient (Wildman–Crippen LogP) is 1.77. The molecule has 0 heterocycles. The van der Waals surface area contributed by atoms with Crippen LogP contribution in [0.3, 0.4) is 0 Å². The Labute approximate surface area is 68.2 Å². The lowest BCUT2D eigenvalue weighted by Crippen LogP contribution is -2.14. The van der Waals surface area contributed by atoms with Crippen molar-refractivity contribution in [3.8, 4) is 0 Å². The van der Waals surface area contributed by atoms with Gasteiger partial charge in [-0.25, -0.2) is 0 Å². The predicted molar refractivity (Wildman–Crippen MR) is 47.5 cm³/mol. The van der Waals surface area contributed by atoms with Gasteiger partial charge in [0, 0.05) is 5.57 Å². The lowest BCUT2D eigenvalue weighted by molar-refractivity contribution is -0.114. The summed E-state index contributed by atoms with van der Waals surface area (Å²) >= 11 is 0. The molecule has 0 aliphatic rings. The zero-order valence-electron chi connectivity index (χ0n) is 7.61. The molecule has 0 aromatic heterocycles. The van der Waals surface area contributed by atoms with Crippen LogP contribution in [-0.4, -0.2) is 5.91 Å². The van der Waals surface area contributed by atoms with Crippen molar-refractivity contribution >= 4 is 5.91 Å². The van der Waals surface area contributed by atoms with E-state index in [4.69, 9.17) is 5.73 Å². The molecule has 0 aromatic carbocycles. The average Bonchev–Trinajstić information content (AvgIpc) is 1.81. The van der Waals surface area contributed by atoms with E-state index in [1.807, 2.05) is 20.8 Å². The Morgan fingerprint density at radius 3 is 1.91 bits per heavy atom. The first-order valence-corrected chi connectivity index (χ1v) is 3.55. The minimum absolute atomic E-state index is 0. The number of nitrogens with two attached hydrogens (primary N) is 1. The van der Waals surface area contributed by atoms with Gasteiger partial charge in [0.1, 0.15) is 0 Å². The molecule has 0 saturated heterocycles. The van der Waals surface area contributed by atoms with Crippen molar-refractivity contribution in [1.82, 2.24) is 6.15 Å². The van der Waals surface area contributed by atoms with Crippen molar-refractivity contribution in [3.05, 3.63) is 11.1 Å². The maximum atomic E-state index is 10.7. The highest BCUT2D eigenvalue weighted by molar-refractivity contribution is 5.92. The van der Waals surface area contributed by atoms with Crippen LogP contribution in [0.4, 0.5) is 0 Å². The summed E-state index contributed by atoms with van der Waals surface area (Å²) in [6, 6.07) is 0. The summed E-state index contributed by atoms with van der Waals surface area (Å²) in [7, 11) is 0. The van der Waals surface area contributed by atoms with Crippen LogP contribution in [0.2, 0.25) is 0 Å². The maximum absolute atomic E-state index is 10.7. The zero-order valence-corrected chi connectivity index (χ0v) is 7.61. The molecule has 0 bridgehead atoms. The topological polar surface area (TPSA) is 78.1 Å². The summed E-state index contributed by atoms with van der Waals surface area (Å²) in [6.45, 7) is 5.86. The third-order valence-electron chi connectivity index (χ3n) is 1.40. The molecular formula is C8H18N2O. The molecule has 0 unspecified atom stereocenters. The van der Waals surface area contributed by atoms with Gasteiger partial charge in [0.2, 0.25) is 5.91 Å². The van der Waals surface area contributed by atoms with Crippen LogP contribution < -0.4 is 11.9 Å². The van der Waals surface area contributed by atoms with E-state index in [1.54, 1.807) is 0 Å². The summed E-state index contributed by atoms with van der Waals surface area (Å²) < 4.78 is 0. The fourth-order valence-corrected chi connectivity index (χ4v) is 0.870. The van der Waals surface area contributed by atoms with E-state index < -0.39 is 0 Å². The second-order valence-electron chi connectivity index (χ2n) is 2.59. The van der Waals surface area contributed by atoms with Crippen LogP contribution in [0.5, 0.6) is 0 Å². The zero-order chi connectivity index (χ0) is 8.15. The van der Waals surface area contributed by atoms with Crippen LogP contribution in [-0.2, 0) is 4.79 Å². The van der Waals surface area contributed by atoms with E-state index in [0.717, 1.165) is 24.0 Å². The van der Waals surface area contributed by atoms with Crippen molar-refractivity contribution in [3.63, 3.8) is 0 Å². The Balaban J connectivity index is 0. The highest BCUT2D eigenvalue weighted by atomic mass is 16.1. The smallest absolute Gasteiger partial charge is 0.244 e. The summed E-state index contributed by atoms with van der Waals surface area (Å²) in [5.41, 5.74) is 6.94. The van der Waals surface area contributed by atoms with E-state index >= 15 is 0 Å². The number of hydrogen-bond acceptors (Lipinski definition) is 2. The molecule has 0 rings (SSSR count). The highest BCUT2D eigenvalue weighted by Gasteiger charge is 2.03. The van der Waals surface area contributed by atoms with Gasteiger partial charge < -0.3 is 11.9 Å². The number of amides is 1. The summed E-state index contributed by atoms with van der Waals surface area (Å²) in [5, 5.41) is 0. The molecule has 66 valence electrons. The molecule has 5 N–H and O–H groups in total. The monoisotopic (exact) mass is 158 g/mol. The van der Waals surface area contributed by atoms with Gasteiger partial charge in [0.05, 0.1) is 0 Å². The van der Waals surface area contributed by atoms with Crippen LogP contribution in [0.15, 0.2) is 11.1 Å².